The molecule has 0 aliphatic carbocycles. The van der Waals surface area contributed by atoms with E-state index in [0.29, 0.717) is 26.2 Å². The van der Waals surface area contributed by atoms with E-state index in [1.54, 1.807) is 0 Å². The summed E-state index contributed by atoms with van der Waals surface area (Å²) in [6.07, 6.45) is 0.659. The maximum atomic E-state index is 11.3. The van der Waals surface area contributed by atoms with Crippen LogP contribution in [0.2, 0.25) is 0 Å². The lowest BCUT2D eigenvalue weighted by atomic mass is 9.93. The number of esters is 2. The van der Waals surface area contributed by atoms with Gasteiger partial charge < -0.3 is 18.9 Å². The van der Waals surface area contributed by atoms with Crippen molar-refractivity contribution in [3.05, 3.63) is 0 Å². The molecule has 1 unspecified atom stereocenters. The number of hydrogen-bond acceptors (Lipinski definition) is 6. The van der Waals surface area contributed by atoms with Gasteiger partial charge in [0.2, 0.25) is 0 Å². The molecular formula is C11H18O6. The van der Waals surface area contributed by atoms with E-state index in [9.17, 15) is 9.59 Å². The van der Waals surface area contributed by atoms with Gasteiger partial charge in [-0.1, -0.05) is 0 Å². The van der Waals surface area contributed by atoms with E-state index in [-0.39, 0.29) is 24.8 Å². The highest BCUT2D eigenvalue weighted by atomic mass is 16.6. The molecule has 6 nitrogen and oxygen atoms in total. The van der Waals surface area contributed by atoms with E-state index in [1.165, 1.54) is 14.2 Å². The van der Waals surface area contributed by atoms with Crippen LogP contribution >= 0.6 is 0 Å². The molecule has 1 heterocycles. The molecule has 0 bridgehead atoms. The first-order chi connectivity index (χ1) is 8.12. The van der Waals surface area contributed by atoms with Crippen LogP contribution in [0.4, 0.5) is 0 Å². The molecule has 1 fully saturated rings. The number of rotatable bonds is 5. The van der Waals surface area contributed by atoms with Crippen LogP contribution in [-0.4, -0.2) is 51.6 Å². The zero-order valence-electron chi connectivity index (χ0n) is 10.2. The van der Waals surface area contributed by atoms with Crippen LogP contribution in [-0.2, 0) is 28.5 Å². The fourth-order valence-electron chi connectivity index (χ4n) is 1.72. The second kappa shape index (κ2) is 6.56. The molecule has 0 aromatic carbocycles. The molecular weight excluding hydrogens is 228 g/mol. The Balaban J connectivity index is 2.57. The predicted molar refractivity (Wildman–Crippen MR) is 57.4 cm³/mol. The van der Waals surface area contributed by atoms with Crippen LogP contribution in [0.15, 0.2) is 0 Å². The van der Waals surface area contributed by atoms with E-state index < -0.39 is 5.60 Å². The first-order valence-corrected chi connectivity index (χ1v) is 5.47. The highest BCUT2D eigenvalue weighted by Gasteiger charge is 2.37. The summed E-state index contributed by atoms with van der Waals surface area (Å²) < 4.78 is 20.1. The van der Waals surface area contributed by atoms with Gasteiger partial charge >= 0.3 is 11.9 Å². The van der Waals surface area contributed by atoms with Gasteiger partial charge in [0.1, 0.15) is 5.60 Å². The van der Waals surface area contributed by atoms with Crippen molar-refractivity contribution in [3.8, 4) is 0 Å². The largest absolute Gasteiger partial charge is 0.469 e. The average Bonchev–Trinajstić information content (AvgIpc) is 2.37. The smallest absolute Gasteiger partial charge is 0.308 e. The number of methoxy groups -OCH3 is 2. The van der Waals surface area contributed by atoms with Crippen LogP contribution in [0.3, 0.4) is 0 Å². The quantitative estimate of drug-likeness (QED) is 0.649. The van der Waals surface area contributed by atoms with Crippen LogP contribution < -0.4 is 0 Å². The molecule has 0 spiro atoms. The van der Waals surface area contributed by atoms with Crippen LogP contribution in [0, 0.1) is 0 Å². The Kier molecular flexibility index (Phi) is 5.37. The second-order valence-electron chi connectivity index (χ2n) is 3.91. The molecule has 0 amide bonds. The first-order valence-electron chi connectivity index (χ1n) is 5.47. The summed E-state index contributed by atoms with van der Waals surface area (Å²) in [5.41, 5.74) is -0.764. The molecule has 0 N–H and O–H groups in total. The summed E-state index contributed by atoms with van der Waals surface area (Å²) in [5, 5.41) is 0. The van der Waals surface area contributed by atoms with Crippen molar-refractivity contribution in [1.29, 1.82) is 0 Å². The Bertz CT molecular complexity index is 269. The van der Waals surface area contributed by atoms with Crippen LogP contribution in [0.25, 0.3) is 0 Å². The third kappa shape index (κ3) is 4.32. The molecule has 1 saturated heterocycles. The molecule has 1 atom stereocenters. The summed E-state index contributed by atoms with van der Waals surface area (Å²) in [5.74, 6) is -0.705. The molecule has 0 aromatic heterocycles. The Morgan fingerprint density at radius 1 is 1.18 bits per heavy atom. The van der Waals surface area contributed by atoms with Crippen molar-refractivity contribution >= 4 is 11.9 Å². The Morgan fingerprint density at radius 3 is 2.41 bits per heavy atom. The maximum absolute atomic E-state index is 11.3. The van der Waals surface area contributed by atoms with Gasteiger partial charge in [0, 0.05) is 6.42 Å². The molecule has 1 rings (SSSR count). The molecule has 6 heteroatoms. The predicted octanol–water partition coefficient (Wildman–Crippen LogP) is 0.288. The van der Waals surface area contributed by atoms with Gasteiger partial charge in [0.25, 0.3) is 0 Å². The minimum atomic E-state index is -0.764. The number of hydrogen-bond donors (Lipinski definition) is 0. The molecule has 1 aliphatic rings. The third-order valence-corrected chi connectivity index (χ3v) is 2.71. The zero-order valence-corrected chi connectivity index (χ0v) is 10.2. The lowest BCUT2D eigenvalue weighted by Crippen LogP contribution is -2.45. The Morgan fingerprint density at radius 2 is 1.88 bits per heavy atom. The molecule has 0 aromatic rings. The third-order valence-electron chi connectivity index (χ3n) is 2.71. The Hall–Kier alpha value is -1.14. The topological polar surface area (TPSA) is 71.1 Å². The van der Waals surface area contributed by atoms with Crippen molar-refractivity contribution in [1.82, 2.24) is 0 Å². The number of carbonyl (C=O) groups excluding carboxylic acids is 2. The lowest BCUT2D eigenvalue weighted by molar-refractivity contribution is -0.181. The van der Waals surface area contributed by atoms with Crippen molar-refractivity contribution in [3.63, 3.8) is 0 Å². The summed E-state index contributed by atoms with van der Waals surface area (Å²) in [4.78, 5) is 22.4. The number of carbonyl (C=O) groups is 2. The van der Waals surface area contributed by atoms with Crippen molar-refractivity contribution in [2.24, 2.45) is 0 Å². The summed E-state index contributed by atoms with van der Waals surface area (Å²) >= 11 is 0. The van der Waals surface area contributed by atoms with E-state index in [1.807, 2.05) is 0 Å². The van der Waals surface area contributed by atoms with Crippen molar-refractivity contribution in [2.75, 3.05) is 34.0 Å². The van der Waals surface area contributed by atoms with E-state index in [0.717, 1.165) is 0 Å². The summed E-state index contributed by atoms with van der Waals surface area (Å²) in [6, 6.07) is 0. The van der Waals surface area contributed by atoms with Crippen molar-refractivity contribution in [2.45, 2.75) is 24.9 Å². The highest BCUT2D eigenvalue weighted by molar-refractivity contribution is 5.71. The lowest BCUT2D eigenvalue weighted by Gasteiger charge is -2.36. The SMILES string of the molecule is COC(=O)CCC1(CC(=O)OC)COCCO1. The van der Waals surface area contributed by atoms with Crippen LogP contribution in [0.5, 0.6) is 0 Å². The van der Waals surface area contributed by atoms with Gasteiger partial charge in [-0.15, -0.1) is 0 Å². The van der Waals surface area contributed by atoms with Gasteiger partial charge in [-0.25, -0.2) is 0 Å². The second-order valence-corrected chi connectivity index (χ2v) is 3.91. The van der Waals surface area contributed by atoms with Gasteiger partial charge in [0.15, 0.2) is 0 Å². The molecule has 1 aliphatic heterocycles. The molecule has 0 radical (unpaired) electrons. The Labute approximate surface area is 100 Å². The average molecular weight is 246 g/mol. The van der Waals surface area contributed by atoms with Crippen molar-refractivity contribution < 1.29 is 28.5 Å². The molecule has 17 heavy (non-hydrogen) atoms. The summed E-state index contributed by atoms with van der Waals surface area (Å²) in [7, 11) is 2.65. The van der Waals surface area contributed by atoms with Crippen LogP contribution in [0.1, 0.15) is 19.3 Å². The normalized spacial score (nSPS) is 24.1. The fourth-order valence-corrected chi connectivity index (χ4v) is 1.72. The number of ether oxygens (including phenoxy) is 4. The van der Waals surface area contributed by atoms with Gasteiger partial charge in [-0.05, 0) is 6.42 Å². The van der Waals surface area contributed by atoms with E-state index in [4.69, 9.17) is 9.47 Å². The fraction of sp³-hybridized carbons (Fsp3) is 0.818. The minimum absolute atomic E-state index is 0.0838. The van der Waals surface area contributed by atoms with Gasteiger partial charge in [-0.2, -0.15) is 0 Å². The monoisotopic (exact) mass is 246 g/mol. The maximum Gasteiger partial charge on any atom is 0.308 e. The zero-order chi connectivity index (χ0) is 12.7. The summed E-state index contributed by atoms with van der Waals surface area (Å²) in [6.45, 7) is 1.21. The van der Waals surface area contributed by atoms with Gasteiger partial charge in [0.05, 0.1) is 40.5 Å². The highest BCUT2D eigenvalue weighted by Crippen LogP contribution is 2.26. The van der Waals surface area contributed by atoms with E-state index in [2.05, 4.69) is 9.47 Å². The molecule has 0 saturated carbocycles. The minimum Gasteiger partial charge on any atom is -0.469 e. The standard InChI is InChI=1S/C11H18O6/c1-14-9(12)3-4-11(7-10(13)15-2)8-16-5-6-17-11/h3-8H2,1-2H3. The van der Waals surface area contributed by atoms with E-state index >= 15 is 0 Å². The molecule has 98 valence electrons. The first kappa shape index (κ1) is 13.9. The van der Waals surface area contributed by atoms with Gasteiger partial charge in [-0.3, -0.25) is 9.59 Å².